The average molecular weight is 378 g/mol. The summed E-state index contributed by atoms with van der Waals surface area (Å²) in [5, 5.41) is 19.8. The number of hydrogen-bond acceptors (Lipinski definition) is 5. The zero-order valence-electron chi connectivity index (χ0n) is 15.1. The highest BCUT2D eigenvalue weighted by molar-refractivity contribution is 5.88. The fourth-order valence-corrected chi connectivity index (χ4v) is 3.60. The maximum absolute atomic E-state index is 14.8. The smallest absolute Gasteiger partial charge is 0.151 e. The van der Waals surface area contributed by atoms with Gasteiger partial charge in [-0.05, 0) is 54.4 Å². The minimum absolute atomic E-state index is 0.309. The Balaban J connectivity index is 1.62. The van der Waals surface area contributed by atoms with E-state index in [4.69, 9.17) is 0 Å². The highest BCUT2D eigenvalue weighted by Gasteiger charge is 2.15. The van der Waals surface area contributed by atoms with Crippen LogP contribution in [0.15, 0.2) is 36.4 Å². The van der Waals surface area contributed by atoms with Crippen LogP contribution in [0.4, 0.5) is 8.78 Å². The van der Waals surface area contributed by atoms with Crippen LogP contribution in [0.5, 0.6) is 0 Å². The first-order chi connectivity index (χ1) is 13.6. The second kappa shape index (κ2) is 6.42. The van der Waals surface area contributed by atoms with Gasteiger partial charge in [-0.15, -0.1) is 15.3 Å². The summed E-state index contributed by atoms with van der Waals surface area (Å²) in [6, 6.07) is 7.98. The van der Waals surface area contributed by atoms with E-state index in [1.54, 1.807) is 19.2 Å². The molecule has 6 nitrogen and oxygen atoms in total. The third-order valence-corrected chi connectivity index (χ3v) is 5.04. The zero-order valence-corrected chi connectivity index (χ0v) is 15.1. The normalized spacial score (nSPS) is 14.6. The Morgan fingerprint density at radius 2 is 1.75 bits per heavy atom. The van der Waals surface area contributed by atoms with Gasteiger partial charge in [0.05, 0.1) is 11.2 Å². The number of benzene rings is 2. The number of halogens is 2. The van der Waals surface area contributed by atoms with Gasteiger partial charge in [0, 0.05) is 24.5 Å². The topological polar surface area (TPSA) is 68.5 Å². The molecular weight excluding hydrogens is 362 g/mol. The lowest BCUT2D eigenvalue weighted by molar-refractivity contribution is 0.623. The standard InChI is InChI=1S/C20H16F2N6/c1-28-20-16(22)7-13(9-19(20)26-27-28)17-10-14-15(21)6-12(8-18(14)25-24-17)11-2-4-23-5-3-11/h2,6-10,23H,3-5H2,1H3. The van der Waals surface area contributed by atoms with Crippen LogP contribution >= 0.6 is 0 Å². The summed E-state index contributed by atoms with van der Waals surface area (Å²) in [5.41, 5.74) is 3.97. The maximum Gasteiger partial charge on any atom is 0.151 e. The first-order valence-electron chi connectivity index (χ1n) is 8.96. The van der Waals surface area contributed by atoms with Crippen molar-refractivity contribution in [1.29, 1.82) is 0 Å². The lowest BCUT2D eigenvalue weighted by atomic mass is 9.98. The Morgan fingerprint density at radius 1 is 0.929 bits per heavy atom. The van der Waals surface area contributed by atoms with E-state index in [9.17, 15) is 8.78 Å². The van der Waals surface area contributed by atoms with Crippen LogP contribution in [0.1, 0.15) is 12.0 Å². The first kappa shape index (κ1) is 16.9. The molecule has 0 spiro atoms. The second-order valence-electron chi connectivity index (χ2n) is 6.84. The van der Waals surface area contributed by atoms with E-state index in [2.05, 4.69) is 31.9 Å². The van der Waals surface area contributed by atoms with Gasteiger partial charge in [-0.25, -0.2) is 13.5 Å². The van der Waals surface area contributed by atoms with Gasteiger partial charge in [0.2, 0.25) is 0 Å². The van der Waals surface area contributed by atoms with Gasteiger partial charge in [-0.3, -0.25) is 0 Å². The average Bonchev–Trinajstić information content (AvgIpc) is 3.09. The Bertz CT molecular complexity index is 1260. The molecule has 4 aromatic rings. The van der Waals surface area contributed by atoms with Crippen molar-refractivity contribution in [2.45, 2.75) is 6.42 Å². The van der Waals surface area contributed by atoms with E-state index < -0.39 is 5.82 Å². The van der Waals surface area contributed by atoms with Gasteiger partial charge in [0.15, 0.2) is 5.82 Å². The molecule has 2 aromatic carbocycles. The first-order valence-corrected chi connectivity index (χ1v) is 8.96. The quantitative estimate of drug-likeness (QED) is 0.580. The largest absolute Gasteiger partial charge is 0.313 e. The van der Waals surface area contributed by atoms with Gasteiger partial charge in [-0.2, -0.15) is 0 Å². The summed E-state index contributed by atoms with van der Waals surface area (Å²) in [4.78, 5) is 0. The Kier molecular flexibility index (Phi) is 3.87. The highest BCUT2D eigenvalue weighted by atomic mass is 19.1. The van der Waals surface area contributed by atoms with Crippen molar-refractivity contribution in [3.8, 4) is 11.3 Å². The molecule has 0 saturated carbocycles. The van der Waals surface area contributed by atoms with Gasteiger partial charge < -0.3 is 5.32 Å². The molecule has 0 bridgehead atoms. The van der Waals surface area contributed by atoms with Crippen molar-refractivity contribution >= 4 is 27.5 Å². The van der Waals surface area contributed by atoms with E-state index in [1.807, 2.05) is 6.07 Å². The predicted molar refractivity (Wildman–Crippen MR) is 102 cm³/mol. The minimum Gasteiger partial charge on any atom is -0.313 e. The summed E-state index contributed by atoms with van der Waals surface area (Å²) in [6.45, 7) is 1.64. The molecule has 28 heavy (non-hydrogen) atoms. The van der Waals surface area contributed by atoms with Gasteiger partial charge >= 0.3 is 0 Å². The molecule has 3 heterocycles. The molecular formula is C20H16F2N6. The van der Waals surface area contributed by atoms with E-state index in [1.165, 1.54) is 16.8 Å². The summed E-state index contributed by atoms with van der Waals surface area (Å²) < 4.78 is 30.6. The zero-order chi connectivity index (χ0) is 19.3. The van der Waals surface area contributed by atoms with Crippen molar-refractivity contribution in [1.82, 2.24) is 30.5 Å². The molecule has 140 valence electrons. The molecule has 2 aromatic heterocycles. The molecule has 0 aliphatic carbocycles. The van der Waals surface area contributed by atoms with Crippen molar-refractivity contribution in [3.63, 3.8) is 0 Å². The number of nitrogens with zero attached hydrogens (tertiary/aromatic N) is 5. The number of fused-ring (bicyclic) bond motifs is 2. The monoisotopic (exact) mass is 378 g/mol. The number of aromatic nitrogens is 5. The van der Waals surface area contributed by atoms with E-state index in [-0.39, 0.29) is 5.82 Å². The molecule has 8 heteroatoms. The summed E-state index contributed by atoms with van der Waals surface area (Å²) >= 11 is 0. The van der Waals surface area contributed by atoms with Crippen LogP contribution < -0.4 is 5.32 Å². The number of aryl methyl sites for hydroxylation is 1. The Morgan fingerprint density at radius 3 is 2.57 bits per heavy atom. The molecule has 1 aliphatic heterocycles. The van der Waals surface area contributed by atoms with Crippen molar-refractivity contribution < 1.29 is 8.78 Å². The molecule has 0 saturated heterocycles. The van der Waals surface area contributed by atoms with Gasteiger partial charge in [0.1, 0.15) is 16.9 Å². The minimum atomic E-state index is -0.462. The van der Waals surface area contributed by atoms with Crippen LogP contribution in [-0.4, -0.2) is 38.3 Å². The van der Waals surface area contributed by atoms with Crippen molar-refractivity contribution in [2.24, 2.45) is 7.05 Å². The Hall–Kier alpha value is -3.26. The van der Waals surface area contributed by atoms with Crippen LogP contribution in [-0.2, 0) is 7.05 Å². The SMILES string of the molecule is Cn1nnc2cc(-c3cc4c(F)cc(C5=CCNCC5)cc4nn3)cc(F)c21. The van der Waals surface area contributed by atoms with Crippen molar-refractivity contribution in [2.75, 3.05) is 13.1 Å². The molecule has 0 unspecified atom stereocenters. The highest BCUT2D eigenvalue weighted by Crippen LogP contribution is 2.29. The third kappa shape index (κ3) is 2.73. The predicted octanol–water partition coefficient (Wildman–Crippen LogP) is 3.23. The Labute approximate surface area is 158 Å². The van der Waals surface area contributed by atoms with E-state index in [0.29, 0.717) is 33.2 Å². The molecule has 1 aliphatic rings. The van der Waals surface area contributed by atoms with E-state index in [0.717, 1.165) is 30.6 Å². The van der Waals surface area contributed by atoms with Crippen LogP contribution in [0.3, 0.4) is 0 Å². The summed E-state index contributed by atoms with van der Waals surface area (Å²) in [7, 11) is 1.62. The number of hydrogen-bond donors (Lipinski definition) is 1. The lowest BCUT2D eigenvalue weighted by Crippen LogP contribution is -2.20. The molecule has 0 radical (unpaired) electrons. The molecule has 1 N–H and O–H groups in total. The van der Waals surface area contributed by atoms with Gasteiger partial charge in [-0.1, -0.05) is 11.3 Å². The maximum atomic E-state index is 14.8. The third-order valence-electron chi connectivity index (χ3n) is 5.04. The molecule has 0 atom stereocenters. The van der Waals surface area contributed by atoms with Crippen LogP contribution in [0.25, 0.3) is 38.8 Å². The summed E-state index contributed by atoms with van der Waals surface area (Å²) in [5.74, 6) is -0.834. The van der Waals surface area contributed by atoms with Crippen LogP contribution in [0.2, 0.25) is 0 Å². The number of nitrogens with one attached hydrogen (secondary N) is 1. The lowest BCUT2D eigenvalue weighted by Gasteiger charge is -2.15. The fraction of sp³-hybridized carbons (Fsp3) is 0.200. The molecule has 0 fully saturated rings. The molecule has 5 rings (SSSR count). The van der Waals surface area contributed by atoms with Crippen LogP contribution in [0, 0.1) is 11.6 Å². The molecule has 0 amide bonds. The van der Waals surface area contributed by atoms with Gasteiger partial charge in [0.25, 0.3) is 0 Å². The fourth-order valence-electron chi connectivity index (χ4n) is 3.60. The number of rotatable bonds is 2. The second-order valence-corrected chi connectivity index (χ2v) is 6.84. The van der Waals surface area contributed by atoms with Crippen molar-refractivity contribution in [3.05, 3.63) is 53.6 Å². The summed E-state index contributed by atoms with van der Waals surface area (Å²) in [6.07, 6.45) is 2.90. The van der Waals surface area contributed by atoms with E-state index >= 15 is 0 Å².